The number of anilines is 1. The zero-order chi connectivity index (χ0) is 17.4. The smallest absolute Gasteiger partial charge is 0.238 e. The quantitative estimate of drug-likeness (QED) is 0.850. The molecule has 2 aromatic rings. The molecule has 0 aliphatic rings. The lowest BCUT2D eigenvalue weighted by Gasteiger charge is -2.20. The van der Waals surface area contributed by atoms with Gasteiger partial charge in [-0.25, -0.2) is 0 Å². The van der Waals surface area contributed by atoms with E-state index in [0.717, 1.165) is 12.1 Å². The van der Waals surface area contributed by atoms with Gasteiger partial charge >= 0.3 is 0 Å². The lowest BCUT2D eigenvalue weighted by molar-refractivity contribution is -0.117. The number of ether oxygens (including phenoxy) is 1. The molecule has 0 unspecified atom stereocenters. The summed E-state index contributed by atoms with van der Waals surface area (Å²) < 4.78 is 5.24. The Bertz CT molecular complexity index is 720. The zero-order valence-corrected chi connectivity index (χ0v) is 14.0. The van der Waals surface area contributed by atoms with Gasteiger partial charge in [-0.1, -0.05) is 31.2 Å². The van der Waals surface area contributed by atoms with E-state index in [1.165, 1.54) is 0 Å². The van der Waals surface area contributed by atoms with Gasteiger partial charge in [-0.05, 0) is 36.4 Å². The van der Waals surface area contributed by atoms with Crippen LogP contribution in [0.5, 0.6) is 5.75 Å². The molecule has 0 aliphatic carbocycles. The lowest BCUT2D eigenvalue weighted by atomic mass is 10.1. The first-order valence-electron chi connectivity index (χ1n) is 7.80. The molecular formula is C19H21N3O2. The molecule has 0 radical (unpaired) electrons. The molecule has 124 valence electrons. The standard InChI is InChI=1S/C19H21N3O2/c1-3-22(13-16-10-8-15(12-20)9-11-16)14-19(23)21-17-6-4-5-7-18(17)24-2/h4-11H,3,13-14H2,1-2H3,(H,21,23). The van der Waals surface area contributed by atoms with E-state index in [4.69, 9.17) is 10.00 Å². The molecule has 0 atom stereocenters. The molecule has 0 fully saturated rings. The van der Waals surface area contributed by atoms with E-state index < -0.39 is 0 Å². The van der Waals surface area contributed by atoms with Crippen LogP contribution in [0.4, 0.5) is 5.69 Å². The summed E-state index contributed by atoms with van der Waals surface area (Å²) in [4.78, 5) is 14.3. The summed E-state index contributed by atoms with van der Waals surface area (Å²) in [6.45, 7) is 3.70. The Morgan fingerprint density at radius 1 is 1.21 bits per heavy atom. The van der Waals surface area contributed by atoms with Gasteiger partial charge in [0.05, 0.1) is 31.0 Å². The minimum Gasteiger partial charge on any atom is -0.495 e. The average molecular weight is 323 g/mol. The first-order chi connectivity index (χ1) is 11.7. The molecule has 0 aromatic heterocycles. The van der Waals surface area contributed by atoms with Crippen molar-refractivity contribution < 1.29 is 9.53 Å². The number of para-hydroxylation sites is 2. The number of hydrogen-bond acceptors (Lipinski definition) is 4. The van der Waals surface area contributed by atoms with Crippen molar-refractivity contribution >= 4 is 11.6 Å². The number of nitriles is 1. The van der Waals surface area contributed by atoms with Crippen LogP contribution in [0.1, 0.15) is 18.1 Å². The maximum atomic E-state index is 12.3. The number of nitrogens with one attached hydrogen (secondary N) is 1. The van der Waals surface area contributed by atoms with Crippen LogP contribution in [0.3, 0.4) is 0 Å². The van der Waals surface area contributed by atoms with Gasteiger partial charge in [-0.15, -0.1) is 0 Å². The van der Waals surface area contributed by atoms with Gasteiger partial charge in [-0.3, -0.25) is 9.69 Å². The van der Waals surface area contributed by atoms with E-state index >= 15 is 0 Å². The first-order valence-corrected chi connectivity index (χ1v) is 7.80. The number of benzene rings is 2. The Kier molecular flexibility index (Phi) is 6.35. The highest BCUT2D eigenvalue weighted by molar-refractivity contribution is 5.93. The van der Waals surface area contributed by atoms with E-state index in [1.807, 2.05) is 48.2 Å². The highest BCUT2D eigenvalue weighted by Gasteiger charge is 2.12. The van der Waals surface area contributed by atoms with Crippen molar-refractivity contribution in [3.8, 4) is 11.8 Å². The molecule has 0 heterocycles. The van der Waals surface area contributed by atoms with Gasteiger partial charge < -0.3 is 10.1 Å². The molecule has 2 rings (SSSR count). The van der Waals surface area contributed by atoms with E-state index in [1.54, 1.807) is 19.2 Å². The summed E-state index contributed by atoms with van der Waals surface area (Å²) in [6.07, 6.45) is 0. The van der Waals surface area contributed by atoms with E-state index in [9.17, 15) is 4.79 Å². The summed E-state index contributed by atoms with van der Waals surface area (Å²) >= 11 is 0. The molecule has 2 aromatic carbocycles. The normalized spacial score (nSPS) is 10.2. The molecule has 0 spiro atoms. The maximum absolute atomic E-state index is 12.3. The number of hydrogen-bond donors (Lipinski definition) is 1. The summed E-state index contributed by atoms with van der Waals surface area (Å²) in [5.74, 6) is 0.552. The number of methoxy groups -OCH3 is 1. The molecule has 0 saturated carbocycles. The number of rotatable bonds is 7. The summed E-state index contributed by atoms with van der Waals surface area (Å²) in [6, 6.07) is 16.8. The molecule has 0 bridgehead atoms. The molecular weight excluding hydrogens is 302 g/mol. The van der Waals surface area contributed by atoms with E-state index in [2.05, 4.69) is 11.4 Å². The molecule has 24 heavy (non-hydrogen) atoms. The molecule has 0 aliphatic heterocycles. The molecule has 5 heteroatoms. The third kappa shape index (κ3) is 4.83. The molecule has 1 N–H and O–H groups in total. The fourth-order valence-electron chi connectivity index (χ4n) is 2.36. The third-order valence-corrected chi connectivity index (χ3v) is 3.68. The zero-order valence-electron chi connectivity index (χ0n) is 14.0. The van der Waals surface area contributed by atoms with Crippen molar-refractivity contribution in [2.75, 3.05) is 25.5 Å². The molecule has 0 saturated heterocycles. The minimum absolute atomic E-state index is 0.0880. The van der Waals surface area contributed by atoms with Crippen LogP contribution in [0.2, 0.25) is 0 Å². The van der Waals surface area contributed by atoms with E-state index in [-0.39, 0.29) is 12.5 Å². The van der Waals surface area contributed by atoms with E-state index in [0.29, 0.717) is 23.5 Å². The second kappa shape index (κ2) is 8.70. The van der Waals surface area contributed by atoms with Crippen LogP contribution in [0, 0.1) is 11.3 Å². The predicted molar refractivity (Wildman–Crippen MR) is 93.7 cm³/mol. The van der Waals surface area contributed by atoms with Crippen molar-refractivity contribution in [3.05, 3.63) is 59.7 Å². The van der Waals surface area contributed by atoms with Crippen LogP contribution < -0.4 is 10.1 Å². The van der Waals surface area contributed by atoms with Crippen LogP contribution in [-0.2, 0) is 11.3 Å². The summed E-state index contributed by atoms with van der Waals surface area (Å²) in [7, 11) is 1.58. The Balaban J connectivity index is 1.96. The summed E-state index contributed by atoms with van der Waals surface area (Å²) in [5.41, 5.74) is 2.37. The highest BCUT2D eigenvalue weighted by atomic mass is 16.5. The second-order valence-corrected chi connectivity index (χ2v) is 5.36. The number of likely N-dealkylation sites (N-methyl/N-ethyl adjacent to an activating group) is 1. The number of carbonyl (C=O) groups excluding carboxylic acids is 1. The SMILES string of the molecule is CCN(CC(=O)Nc1ccccc1OC)Cc1ccc(C#N)cc1. The topological polar surface area (TPSA) is 65.4 Å². The van der Waals surface area contributed by atoms with Crippen LogP contribution in [0.15, 0.2) is 48.5 Å². The van der Waals surface area contributed by atoms with Gasteiger partial charge in [0.15, 0.2) is 0 Å². The fourth-order valence-corrected chi connectivity index (χ4v) is 2.36. The Hall–Kier alpha value is -2.84. The first kappa shape index (κ1) is 17.5. The average Bonchev–Trinajstić information content (AvgIpc) is 2.62. The number of amides is 1. The predicted octanol–water partition coefficient (Wildman–Crippen LogP) is 3.03. The fraction of sp³-hybridized carbons (Fsp3) is 0.263. The monoisotopic (exact) mass is 323 g/mol. The van der Waals surface area contributed by atoms with Crippen molar-refractivity contribution in [3.63, 3.8) is 0 Å². The highest BCUT2D eigenvalue weighted by Crippen LogP contribution is 2.22. The van der Waals surface area contributed by atoms with Crippen LogP contribution in [-0.4, -0.2) is 31.0 Å². The maximum Gasteiger partial charge on any atom is 0.238 e. The minimum atomic E-state index is -0.0880. The molecule has 1 amide bonds. The van der Waals surface area contributed by atoms with Crippen molar-refractivity contribution in [1.29, 1.82) is 5.26 Å². The van der Waals surface area contributed by atoms with Gasteiger partial charge in [-0.2, -0.15) is 5.26 Å². The van der Waals surface area contributed by atoms with Gasteiger partial charge in [0, 0.05) is 6.54 Å². The van der Waals surface area contributed by atoms with Crippen molar-refractivity contribution in [2.45, 2.75) is 13.5 Å². The van der Waals surface area contributed by atoms with Crippen molar-refractivity contribution in [1.82, 2.24) is 4.90 Å². The number of carbonyl (C=O) groups is 1. The van der Waals surface area contributed by atoms with Gasteiger partial charge in [0.1, 0.15) is 5.75 Å². The third-order valence-electron chi connectivity index (χ3n) is 3.68. The van der Waals surface area contributed by atoms with Crippen LogP contribution in [0.25, 0.3) is 0 Å². The van der Waals surface area contributed by atoms with Crippen LogP contribution >= 0.6 is 0 Å². The Morgan fingerprint density at radius 2 is 1.92 bits per heavy atom. The van der Waals surface area contributed by atoms with Gasteiger partial charge in [0.25, 0.3) is 0 Å². The summed E-state index contributed by atoms with van der Waals surface area (Å²) in [5, 5.41) is 11.7. The Labute approximate surface area is 142 Å². The number of nitrogens with zero attached hydrogens (tertiary/aromatic N) is 2. The second-order valence-electron chi connectivity index (χ2n) is 5.36. The van der Waals surface area contributed by atoms with Gasteiger partial charge in [0.2, 0.25) is 5.91 Å². The Morgan fingerprint density at radius 3 is 2.54 bits per heavy atom. The van der Waals surface area contributed by atoms with Crippen molar-refractivity contribution in [2.24, 2.45) is 0 Å². The largest absolute Gasteiger partial charge is 0.495 e. The lowest BCUT2D eigenvalue weighted by Crippen LogP contribution is -2.32. The molecule has 5 nitrogen and oxygen atoms in total.